The minimum Gasteiger partial charge on any atom is -0.481 e. The summed E-state index contributed by atoms with van der Waals surface area (Å²) in [5, 5.41) is 9.36. The summed E-state index contributed by atoms with van der Waals surface area (Å²) in [4.78, 5) is 25.4. The Kier molecular flexibility index (Phi) is 5.91. The molecular formula is C22H26N2O3. The van der Waals surface area contributed by atoms with Crippen LogP contribution in [0.15, 0.2) is 60.7 Å². The summed E-state index contributed by atoms with van der Waals surface area (Å²) in [6, 6.07) is 20.3. The molecule has 1 saturated heterocycles. The summed E-state index contributed by atoms with van der Waals surface area (Å²) in [6.45, 7) is 1.33. The Morgan fingerprint density at radius 2 is 1.44 bits per heavy atom. The van der Waals surface area contributed by atoms with Crippen molar-refractivity contribution in [2.45, 2.75) is 31.2 Å². The van der Waals surface area contributed by atoms with Crippen LogP contribution in [0.25, 0.3) is 0 Å². The lowest BCUT2D eigenvalue weighted by Gasteiger charge is -2.47. The van der Waals surface area contributed by atoms with E-state index in [0.29, 0.717) is 32.4 Å². The van der Waals surface area contributed by atoms with Crippen molar-refractivity contribution in [1.29, 1.82) is 0 Å². The van der Waals surface area contributed by atoms with E-state index >= 15 is 0 Å². The van der Waals surface area contributed by atoms with Crippen LogP contribution in [0.2, 0.25) is 0 Å². The molecule has 0 aliphatic carbocycles. The highest BCUT2D eigenvalue weighted by Gasteiger charge is 2.42. The molecule has 1 heterocycles. The number of hydrogen-bond donors (Lipinski definition) is 2. The first-order chi connectivity index (χ1) is 13.0. The molecule has 5 heteroatoms. The van der Waals surface area contributed by atoms with E-state index in [9.17, 15) is 14.7 Å². The molecule has 0 unspecified atom stereocenters. The van der Waals surface area contributed by atoms with E-state index in [4.69, 9.17) is 5.73 Å². The topological polar surface area (TPSA) is 83.6 Å². The van der Waals surface area contributed by atoms with Crippen molar-refractivity contribution >= 4 is 11.9 Å². The van der Waals surface area contributed by atoms with Gasteiger partial charge in [0.15, 0.2) is 0 Å². The van der Waals surface area contributed by atoms with Gasteiger partial charge in [0, 0.05) is 19.5 Å². The van der Waals surface area contributed by atoms with Gasteiger partial charge in [0.25, 0.3) is 0 Å². The average molecular weight is 366 g/mol. The van der Waals surface area contributed by atoms with E-state index in [1.807, 2.05) is 36.4 Å². The minimum absolute atomic E-state index is 0.267. The highest BCUT2D eigenvalue weighted by molar-refractivity contribution is 5.74. The number of amides is 1. The van der Waals surface area contributed by atoms with Gasteiger partial charge in [-0.15, -0.1) is 0 Å². The molecule has 0 aromatic heterocycles. The molecule has 0 atom stereocenters. The smallest absolute Gasteiger partial charge is 0.306 e. The van der Waals surface area contributed by atoms with Gasteiger partial charge in [-0.1, -0.05) is 60.7 Å². The second-order valence-electron chi connectivity index (χ2n) is 7.16. The zero-order chi connectivity index (χ0) is 19.3. The number of carboxylic acids is 1. The summed E-state index contributed by atoms with van der Waals surface area (Å²) in [6.07, 6.45) is 2.04. The molecule has 0 saturated carbocycles. The Balaban J connectivity index is 2.06. The lowest BCUT2D eigenvalue weighted by atomic mass is 9.76. The molecular weight excluding hydrogens is 340 g/mol. The van der Waals surface area contributed by atoms with Crippen molar-refractivity contribution in [3.05, 3.63) is 71.8 Å². The van der Waals surface area contributed by atoms with E-state index in [0.717, 1.165) is 11.1 Å². The average Bonchev–Trinajstić information content (AvgIpc) is 2.70. The van der Waals surface area contributed by atoms with E-state index in [2.05, 4.69) is 29.2 Å². The Labute approximate surface area is 159 Å². The van der Waals surface area contributed by atoms with Gasteiger partial charge in [0.05, 0.1) is 11.5 Å². The number of nitrogens with zero attached hydrogens (tertiary/aromatic N) is 1. The molecule has 5 nitrogen and oxygen atoms in total. The molecule has 2 aromatic carbocycles. The third-order valence-corrected chi connectivity index (χ3v) is 5.62. The molecule has 0 spiro atoms. The van der Waals surface area contributed by atoms with Crippen LogP contribution in [0, 0.1) is 5.92 Å². The zero-order valence-electron chi connectivity index (χ0n) is 15.4. The summed E-state index contributed by atoms with van der Waals surface area (Å²) < 4.78 is 0. The highest BCUT2D eigenvalue weighted by atomic mass is 16.4. The maximum absolute atomic E-state index is 11.7. The maximum atomic E-state index is 11.7. The molecule has 1 aliphatic rings. The number of carbonyl (C=O) groups is 2. The largest absolute Gasteiger partial charge is 0.481 e. The van der Waals surface area contributed by atoms with Gasteiger partial charge in [-0.2, -0.15) is 0 Å². The Bertz CT molecular complexity index is 729. The number of aliphatic carboxylic acids is 1. The zero-order valence-corrected chi connectivity index (χ0v) is 15.4. The number of primary amides is 1. The van der Waals surface area contributed by atoms with Gasteiger partial charge >= 0.3 is 5.97 Å². The van der Waals surface area contributed by atoms with Crippen LogP contribution in [0.5, 0.6) is 0 Å². The molecule has 3 rings (SSSR count). The molecule has 1 fully saturated rings. The van der Waals surface area contributed by atoms with E-state index in [1.165, 1.54) is 0 Å². The highest BCUT2D eigenvalue weighted by Crippen LogP contribution is 2.42. The SMILES string of the molecule is NC(=O)CCC(c1ccccc1)(c1ccccc1)N1CCC(C(=O)O)CC1. The molecule has 0 radical (unpaired) electrons. The van der Waals surface area contributed by atoms with E-state index in [1.54, 1.807) is 0 Å². The number of piperidine rings is 1. The molecule has 3 N–H and O–H groups in total. The normalized spacial score (nSPS) is 16.1. The lowest BCUT2D eigenvalue weighted by molar-refractivity contribution is -0.143. The number of hydrogen-bond acceptors (Lipinski definition) is 3. The van der Waals surface area contributed by atoms with Crippen LogP contribution >= 0.6 is 0 Å². The lowest BCUT2D eigenvalue weighted by Crippen LogP contribution is -2.51. The van der Waals surface area contributed by atoms with Crippen LogP contribution in [0.1, 0.15) is 36.8 Å². The van der Waals surface area contributed by atoms with Gasteiger partial charge in [-0.25, -0.2) is 0 Å². The molecule has 2 aromatic rings. The van der Waals surface area contributed by atoms with Crippen molar-refractivity contribution in [1.82, 2.24) is 4.90 Å². The van der Waals surface area contributed by atoms with Gasteiger partial charge in [0.2, 0.25) is 5.91 Å². The molecule has 1 amide bonds. The van der Waals surface area contributed by atoms with Gasteiger partial charge < -0.3 is 10.8 Å². The summed E-state index contributed by atoms with van der Waals surface area (Å²) >= 11 is 0. The number of carboxylic acid groups (broad SMARTS) is 1. The Hall–Kier alpha value is -2.66. The number of benzene rings is 2. The standard InChI is InChI=1S/C22H26N2O3/c23-20(25)11-14-22(18-7-3-1-4-8-18,19-9-5-2-6-10-19)24-15-12-17(13-16-24)21(26)27/h1-10,17H,11-16H2,(H2,23,25)(H,26,27). The van der Waals surface area contributed by atoms with Gasteiger partial charge in [-0.05, 0) is 30.4 Å². The summed E-state index contributed by atoms with van der Waals surface area (Å²) in [5.41, 5.74) is 7.22. The third-order valence-electron chi connectivity index (χ3n) is 5.62. The van der Waals surface area contributed by atoms with Crippen LogP contribution in [-0.4, -0.2) is 35.0 Å². The van der Waals surface area contributed by atoms with Crippen LogP contribution in [0.3, 0.4) is 0 Å². The van der Waals surface area contributed by atoms with Crippen molar-refractivity contribution in [2.24, 2.45) is 11.7 Å². The molecule has 1 aliphatic heterocycles. The van der Waals surface area contributed by atoms with Crippen LogP contribution < -0.4 is 5.73 Å². The van der Waals surface area contributed by atoms with Crippen LogP contribution in [-0.2, 0) is 15.1 Å². The first kappa shape index (κ1) is 19.1. The monoisotopic (exact) mass is 366 g/mol. The molecule has 0 bridgehead atoms. The first-order valence-corrected chi connectivity index (χ1v) is 9.41. The predicted octanol–water partition coefficient (Wildman–Crippen LogP) is 2.99. The van der Waals surface area contributed by atoms with Crippen molar-refractivity contribution < 1.29 is 14.7 Å². The third kappa shape index (κ3) is 4.03. The Morgan fingerprint density at radius 3 is 1.85 bits per heavy atom. The second-order valence-corrected chi connectivity index (χ2v) is 7.16. The fraction of sp³-hybridized carbons (Fsp3) is 0.364. The number of carbonyl (C=O) groups excluding carboxylic acids is 1. The second kappa shape index (κ2) is 8.35. The maximum Gasteiger partial charge on any atom is 0.306 e. The van der Waals surface area contributed by atoms with Gasteiger partial charge in [0.1, 0.15) is 0 Å². The molecule has 142 valence electrons. The number of likely N-dealkylation sites (tertiary alicyclic amines) is 1. The Morgan fingerprint density at radius 1 is 0.963 bits per heavy atom. The summed E-state index contributed by atoms with van der Waals surface area (Å²) in [7, 11) is 0. The fourth-order valence-corrected chi connectivity index (χ4v) is 4.22. The fourth-order valence-electron chi connectivity index (χ4n) is 4.22. The van der Waals surface area contributed by atoms with E-state index < -0.39 is 11.5 Å². The van der Waals surface area contributed by atoms with Gasteiger partial charge in [-0.3, -0.25) is 14.5 Å². The van der Waals surface area contributed by atoms with Crippen molar-refractivity contribution in [2.75, 3.05) is 13.1 Å². The first-order valence-electron chi connectivity index (χ1n) is 9.41. The minimum atomic E-state index is -0.725. The number of nitrogens with two attached hydrogens (primary N) is 1. The predicted molar refractivity (Wildman–Crippen MR) is 104 cm³/mol. The van der Waals surface area contributed by atoms with Crippen LogP contribution in [0.4, 0.5) is 0 Å². The molecule has 27 heavy (non-hydrogen) atoms. The van der Waals surface area contributed by atoms with Crippen molar-refractivity contribution in [3.63, 3.8) is 0 Å². The summed E-state index contributed by atoms with van der Waals surface area (Å²) in [5.74, 6) is -1.36. The van der Waals surface area contributed by atoms with Crippen molar-refractivity contribution in [3.8, 4) is 0 Å². The van der Waals surface area contributed by atoms with E-state index in [-0.39, 0.29) is 18.2 Å². The number of rotatable bonds is 7. The quantitative estimate of drug-likeness (QED) is 0.789.